The van der Waals surface area contributed by atoms with Crippen LogP contribution in [0.25, 0.3) is 0 Å². The molecule has 6 heteroatoms. The van der Waals surface area contributed by atoms with Crippen molar-refractivity contribution >= 4 is 23.2 Å². The van der Waals surface area contributed by atoms with Gasteiger partial charge in [-0.15, -0.1) is 11.3 Å². The molecule has 3 rings (SSSR count). The zero-order chi connectivity index (χ0) is 19.1. The van der Waals surface area contributed by atoms with E-state index >= 15 is 0 Å². The van der Waals surface area contributed by atoms with Crippen LogP contribution >= 0.6 is 11.3 Å². The maximum atomic E-state index is 12.0. The van der Waals surface area contributed by atoms with Crippen molar-refractivity contribution in [1.29, 1.82) is 0 Å². The fourth-order valence-corrected chi connectivity index (χ4v) is 4.36. The molecule has 1 aliphatic heterocycles. The van der Waals surface area contributed by atoms with Crippen molar-refractivity contribution in [2.45, 2.75) is 31.7 Å². The Labute approximate surface area is 164 Å². The Morgan fingerprint density at radius 2 is 1.85 bits per heavy atom. The van der Waals surface area contributed by atoms with Crippen molar-refractivity contribution in [3.05, 3.63) is 58.3 Å². The van der Waals surface area contributed by atoms with Gasteiger partial charge in [0.15, 0.2) is 0 Å². The van der Waals surface area contributed by atoms with Gasteiger partial charge >= 0.3 is 11.8 Å². The van der Waals surface area contributed by atoms with Crippen LogP contribution in [0.3, 0.4) is 0 Å². The Morgan fingerprint density at radius 1 is 1.11 bits per heavy atom. The Kier molecular flexibility index (Phi) is 7.01. The van der Waals surface area contributed by atoms with E-state index in [0.717, 1.165) is 38.0 Å². The summed E-state index contributed by atoms with van der Waals surface area (Å²) in [7, 11) is 0. The summed E-state index contributed by atoms with van der Waals surface area (Å²) >= 11 is 1.84. The van der Waals surface area contributed by atoms with Gasteiger partial charge in [-0.2, -0.15) is 0 Å². The van der Waals surface area contributed by atoms with Crippen LogP contribution in [0.4, 0.5) is 0 Å². The second kappa shape index (κ2) is 9.67. The van der Waals surface area contributed by atoms with Gasteiger partial charge in [-0.3, -0.25) is 9.59 Å². The number of nitrogens with one attached hydrogen (secondary N) is 2. The van der Waals surface area contributed by atoms with Crippen LogP contribution < -0.4 is 10.6 Å². The van der Waals surface area contributed by atoms with E-state index in [0.29, 0.717) is 12.5 Å². The van der Waals surface area contributed by atoms with Crippen molar-refractivity contribution < 1.29 is 9.59 Å². The smallest absolute Gasteiger partial charge is 0.309 e. The molecule has 1 aromatic carbocycles. The average molecular weight is 386 g/mol. The molecule has 2 N–H and O–H groups in total. The number of piperidine rings is 1. The third-order valence-electron chi connectivity index (χ3n) is 5.10. The van der Waals surface area contributed by atoms with E-state index in [1.54, 1.807) is 0 Å². The molecule has 0 radical (unpaired) electrons. The van der Waals surface area contributed by atoms with Gasteiger partial charge in [0.05, 0.1) is 6.04 Å². The molecular weight excluding hydrogens is 358 g/mol. The second-order valence-corrected chi connectivity index (χ2v) is 7.97. The summed E-state index contributed by atoms with van der Waals surface area (Å²) in [5, 5.41) is 7.62. The average Bonchev–Trinajstić information content (AvgIpc) is 3.24. The normalized spacial score (nSPS) is 16.6. The fraction of sp³-hybridized carbons (Fsp3) is 0.429. The van der Waals surface area contributed by atoms with Crippen molar-refractivity contribution in [2.24, 2.45) is 0 Å². The molecular formula is C21H27N3O2S. The Morgan fingerprint density at radius 3 is 2.52 bits per heavy atom. The van der Waals surface area contributed by atoms with Crippen molar-refractivity contribution in [1.82, 2.24) is 15.5 Å². The molecule has 0 unspecified atom stereocenters. The fourth-order valence-electron chi connectivity index (χ4n) is 3.46. The van der Waals surface area contributed by atoms with Crippen LogP contribution in [-0.2, 0) is 9.59 Å². The van der Waals surface area contributed by atoms with E-state index in [-0.39, 0.29) is 6.04 Å². The van der Waals surface area contributed by atoms with Gasteiger partial charge in [0.1, 0.15) is 0 Å². The number of amides is 2. The first-order valence-electron chi connectivity index (χ1n) is 9.53. The Balaban J connectivity index is 1.34. The Bertz CT molecular complexity index is 725. The molecule has 1 atom stereocenters. The van der Waals surface area contributed by atoms with E-state index in [9.17, 15) is 9.59 Å². The monoisotopic (exact) mass is 385 g/mol. The van der Waals surface area contributed by atoms with Gasteiger partial charge < -0.3 is 15.5 Å². The molecule has 2 heterocycles. The van der Waals surface area contributed by atoms with E-state index in [1.165, 1.54) is 4.88 Å². The highest BCUT2D eigenvalue weighted by molar-refractivity contribution is 7.10. The van der Waals surface area contributed by atoms with Gasteiger partial charge in [-0.05, 0) is 55.8 Å². The third kappa shape index (κ3) is 5.65. The highest BCUT2D eigenvalue weighted by Crippen LogP contribution is 2.30. The van der Waals surface area contributed by atoms with Gasteiger partial charge in [0.2, 0.25) is 0 Å². The minimum Gasteiger partial charge on any atom is -0.347 e. The summed E-state index contributed by atoms with van der Waals surface area (Å²) in [5.74, 6) is -0.477. The molecule has 1 fully saturated rings. The van der Waals surface area contributed by atoms with E-state index in [1.807, 2.05) is 48.6 Å². The minimum atomic E-state index is -0.581. The number of likely N-dealkylation sites (tertiary alicyclic amines) is 1. The van der Waals surface area contributed by atoms with Crippen LogP contribution in [0.5, 0.6) is 0 Å². The predicted octanol–water partition coefficient (Wildman–Crippen LogP) is 2.92. The van der Waals surface area contributed by atoms with Crippen LogP contribution in [0.1, 0.15) is 42.2 Å². The molecule has 2 amide bonds. The van der Waals surface area contributed by atoms with Gasteiger partial charge in [0, 0.05) is 18.0 Å². The van der Waals surface area contributed by atoms with Gasteiger partial charge in [-0.1, -0.05) is 36.4 Å². The molecule has 5 nitrogen and oxygen atoms in total. The predicted molar refractivity (Wildman–Crippen MR) is 109 cm³/mol. The molecule has 0 saturated carbocycles. The zero-order valence-electron chi connectivity index (χ0n) is 15.7. The summed E-state index contributed by atoms with van der Waals surface area (Å²) in [6, 6.07) is 13.8. The lowest BCUT2D eigenvalue weighted by atomic mass is 9.95. The van der Waals surface area contributed by atoms with Crippen LogP contribution in [-0.4, -0.2) is 42.9 Å². The Hall–Kier alpha value is -2.18. The molecule has 1 aromatic heterocycles. The lowest BCUT2D eigenvalue weighted by Gasteiger charge is -2.31. The van der Waals surface area contributed by atoms with Crippen LogP contribution in [0, 0.1) is 0 Å². The van der Waals surface area contributed by atoms with Crippen molar-refractivity contribution in [2.75, 3.05) is 26.2 Å². The molecule has 0 aliphatic carbocycles. The first-order valence-corrected chi connectivity index (χ1v) is 10.4. The number of hydrogen-bond donors (Lipinski definition) is 2. The first kappa shape index (κ1) is 19.6. The van der Waals surface area contributed by atoms with Gasteiger partial charge in [-0.25, -0.2) is 0 Å². The molecule has 1 aliphatic rings. The number of benzene rings is 1. The van der Waals surface area contributed by atoms with E-state index < -0.39 is 11.8 Å². The minimum absolute atomic E-state index is 0.194. The lowest BCUT2D eigenvalue weighted by Crippen LogP contribution is -2.44. The summed E-state index contributed by atoms with van der Waals surface area (Å²) in [6.07, 6.45) is 2.31. The van der Waals surface area contributed by atoms with Crippen LogP contribution in [0.2, 0.25) is 0 Å². The standard InChI is InChI=1S/C21H27N3O2S/c1-16(17-6-3-2-4-7-17)23-21(26)20(25)22-11-14-24-12-9-18(10-13-24)19-8-5-15-27-19/h2-8,15-16,18H,9-14H2,1H3,(H,22,25)(H,23,26)/t16-/m0/s1. The molecule has 2 aromatic rings. The number of nitrogens with zero attached hydrogens (tertiary/aromatic N) is 1. The quantitative estimate of drug-likeness (QED) is 0.752. The summed E-state index contributed by atoms with van der Waals surface area (Å²) in [4.78, 5) is 27.9. The van der Waals surface area contributed by atoms with E-state index in [4.69, 9.17) is 0 Å². The summed E-state index contributed by atoms with van der Waals surface area (Å²) < 4.78 is 0. The second-order valence-electron chi connectivity index (χ2n) is 6.99. The molecule has 0 spiro atoms. The third-order valence-corrected chi connectivity index (χ3v) is 6.13. The molecule has 27 heavy (non-hydrogen) atoms. The van der Waals surface area contributed by atoms with Crippen molar-refractivity contribution in [3.8, 4) is 0 Å². The number of carbonyl (C=O) groups is 2. The maximum Gasteiger partial charge on any atom is 0.309 e. The molecule has 144 valence electrons. The summed E-state index contributed by atoms with van der Waals surface area (Å²) in [6.45, 7) is 5.23. The number of rotatable bonds is 6. The first-order chi connectivity index (χ1) is 13.1. The highest BCUT2D eigenvalue weighted by Gasteiger charge is 2.21. The molecule has 0 bridgehead atoms. The number of hydrogen-bond acceptors (Lipinski definition) is 4. The number of carbonyl (C=O) groups excluding carboxylic acids is 2. The zero-order valence-corrected chi connectivity index (χ0v) is 16.5. The largest absolute Gasteiger partial charge is 0.347 e. The summed E-state index contributed by atoms with van der Waals surface area (Å²) in [5.41, 5.74) is 0.979. The topological polar surface area (TPSA) is 61.4 Å². The van der Waals surface area contributed by atoms with Crippen molar-refractivity contribution in [3.63, 3.8) is 0 Å². The van der Waals surface area contributed by atoms with E-state index in [2.05, 4.69) is 33.0 Å². The number of thiophene rings is 1. The SMILES string of the molecule is C[C@H](NC(=O)C(=O)NCCN1CCC(c2cccs2)CC1)c1ccccc1. The van der Waals surface area contributed by atoms with Gasteiger partial charge in [0.25, 0.3) is 0 Å². The molecule has 1 saturated heterocycles. The maximum absolute atomic E-state index is 12.0. The lowest BCUT2D eigenvalue weighted by molar-refractivity contribution is -0.139. The van der Waals surface area contributed by atoms with Crippen LogP contribution in [0.15, 0.2) is 47.8 Å². The highest BCUT2D eigenvalue weighted by atomic mass is 32.1.